The molecule has 0 radical (unpaired) electrons. The summed E-state index contributed by atoms with van der Waals surface area (Å²) in [6, 6.07) is 15.2. The Hall–Kier alpha value is -3.15. The van der Waals surface area contributed by atoms with Crippen LogP contribution in [0.4, 0.5) is 4.39 Å². The van der Waals surface area contributed by atoms with Crippen LogP contribution in [0.2, 0.25) is 0 Å². The molecule has 0 spiro atoms. The maximum atomic E-state index is 12.9. The molecular formula is C19H17FN2O3. The van der Waals surface area contributed by atoms with E-state index < -0.39 is 11.5 Å². The Morgan fingerprint density at radius 2 is 1.80 bits per heavy atom. The molecule has 1 heterocycles. The number of benzene rings is 2. The molecule has 0 aliphatic carbocycles. The van der Waals surface area contributed by atoms with Gasteiger partial charge in [0.2, 0.25) is 0 Å². The minimum atomic E-state index is -0.680. The summed E-state index contributed by atoms with van der Waals surface area (Å²) < 4.78 is 19.2. The number of aromatic nitrogens is 1. The first kappa shape index (κ1) is 16.7. The minimum Gasteiger partial charge on any atom is -0.351 e. The number of amides is 1. The van der Waals surface area contributed by atoms with Gasteiger partial charge in [0.15, 0.2) is 5.56 Å². The van der Waals surface area contributed by atoms with Crippen molar-refractivity contribution in [3.05, 3.63) is 82.0 Å². The van der Waals surface area contributed by atoms with Crippen LogP contribution in [-0.2, 0) is 13.5 Å². The molecule has 1 amide bonds. The number of rotatable bonds is 5. The number of carbonyl (C=O) groups is 1. The highest BCUT2D eigenvalue weighted by atomic mass is 19.1. The predicted octanol–water partition coefficient (Wildman–Crippen LogP) is 2.76. The summed E-state index contributed by atoms with van der Waals surface area (Å²) in [5.74, 6) is -0.794. The molecule has 2 aromatic carbocycles. The molecule has 0 aliphatic heterocycles. The molecule has 6 heteroatoms. The zero-order valence-corrected chi connectivity index (χ0v) is 13.7. The molecule has 0 fully saturated rings. The molecule has 0 saturated heterocycles. The molecule has 0 aliphatic rings. The van der Waals surface area contributed by atoms with Crippen LogP contribution >= 0.6 is 0 Å². The normalized spacial score (nSPS) is 10.6. The summed E-state index contributed by atoms with van der Waals surface area (Å²) >= 11 is 0. The molecule has 0 saturated carbocycles. The summed E-state index contributed by atoms with van der Waals surface area (Å²) in [5, 5.41) is 2.72. The molecule has 5 nitrogen and oxygen atoms in total. The van der Waals surface area contributed by atoms with Crippen LogP contribution < -0.4 is 10.9 Å². The van der Waals surface area contributed by atoms with Gasteiger partial charge in [0, 0.05) is 19.2 Å². The van der Waals surface area contributed by atoms with Gasteiger partial charge in [-0.25, -0.2) is 13.9 Å². The van der Waals surface area contributed by atoms with Crippen LogP contribution in [0, 0.1) is 5.82 Å². The van der Waals surface area contributed by atoms with Gasteiger partial charge < -0.3 is 9.84 Å². The van der Waals surface area contributed by atoms with Gasteiger partial charge in [-0.15, -0.1) is 0 Å². The van der Waals surface area contributed by atoms with Crippen molar-refractivity contribution in [2.75, 3.05) is 6.54 Å². The van der Waals surface area contributed by atoms with Crippen molar-refractivity contribution in [2.45, 2.75) is 6.42 Å². The van der Waals surface area contributed by atoms with Crippen LogP contribution in [0.15, 0.2) is 63.9 Å². The lowest BCUT2D eigenvalue weighted by Gasteiger charge is -2.06. The van der Waals surface area contributed by atoms with Crippen molar-refractivity contribution in [1.82, 2.24) is 10.1 Å². The number of nitrogens with zero attached hydrogens (tertiary/aromatic N) is 1. The summed E-state index contributed by atoms with van der Waals surface area (Å²) in [6.45, 7) is 0.326. The van der Waals surface area contributed by atoms with E-state index in [4.69, 9.17) is 4.52 Å². The highest BCUT2D eigenvalue weighted by Gasteiger charge is 2.23. The van der Waals surface area contributed by atoms with Gasteiger partial charge >= 0.3 is 5.63 Å². The fourth-order valence-corrected chi connectivity index (χ4v) is 2.65. The third-order valence-electron chi connectivity index (χ3n) is 3.86. The number of hydrogen-bond donors (Lipinski definition) is 1. The summed E-state index contributed by atoms with van der Waals surface area (Å²) in [6.07, 6.45) is 0.533. The van der Waals surface area contributed by atoms with Crippen molar-refractivity contribution < 1.29 is 13.7 Å². The molecule has 25 heavy (non-hydrogen) atoms. The molecule has 128 valence electrons. The summed E-state index contributed by atoms with van der Waals surface area (Å²) in [7, 11) is 1.58. The second kappa shape index (κ2) is 7.17. The molecule has 1 N–H and O–H groups in total. The van der Waals surface area contributed by atoms with Crippen LogP contribution in [0.25, 0.3) is 11.3 Å². The van der Waals surface area contributed by atoms with Crippen molar-refractivity contribution in [3.8, 4) is 11.3 Å². The maximum absolute atomic E-state index is 12.9. The molecule has 3 aromatic rings. The Morgan fingerprint density at radius 1 is 1.12 bits per heavy atom. The van der Waals surface area contributed by atoms with Crippen molar-refractivity contribution >= 4 is 5.91 Å². The third kappa shape index (κ3) is 3.68. The van der Waals surface area contributed by atoms with Gasteiger partial charge in [0.1, 0.15) is 11.5 Å². The van der Waals surface area contributed by atoms with E-state index >= 15 is 0 Å². The smallest absolute Gasteiger partial charge is 0.351 e. The fourth-order valence-electron chi connectivity index (χ4n) is 2.65. The van der Waals surface area contributed by atoms with Crippen LogP contribution in [0.1, 0.15) is 15.9 Å². The average molecular weight is 340 g/mol. The highest BCUT2D eigenvalue weighted by Crippen LogP contribution is 2.21. The van der Waals surface area contributed by atoms with E-state index in [0.29, 0.717) is 18.7 Å². The molecule has 0 unspecified atom stereocenters. The van der Waals surface area contributed by atoms with Crippen LogP contribution in [0.5, 0.6) is 0 Å². The van der Waals surface area contributed by atoms with E-state index in [1.807, 2.05) is 18.2 Å². The van der Waals surface area contributed by atoms with E-state index in [1.165, 1.54) is 16.9 Å². The largest absolute Gasteiger partial charge is 0.370 e. The Balaban J connectivity index is 1.76. The lowest BCUT2D eigenvalue weighted by molar-refractivity contribution is 0.0952. The van der Waals surface area contributed by atoms with Gasteiger partial charge in [-0.2, -0.15) is 0 Å². The fraction of sp³-hybridized carbons (Fsp3) is 0.158. The van der Waals surface area contributed by atoms with Crippen LogP contribution in [-0.4, -0.2) is 17.2 Å². The maximum Gasteiger partial charge on any atom is 0.370 e. The summed E-state index contributed by atoms with van der Waals surface area (Å²) in [4.78, 5) is 24.5. The zero-order valence-electron chi connectivity index (χ0n) is 13.7. The number of halogens is 1. The van der Waals surface area contributed by atoms with Crippen molar-refractivity contribution in [2.24, 2.45) is 7.05 Å². The Kier molecular flexibility index (Phi) is 4.79. The molecule has 1 aromatic heterocycles. The number of carbonyl (C=O) groups excluding carboxylic acids is 1. The monoisotopic (exact) mass is 340 g/mol. The van der Waals surface area contributed by atoms with Crippen LogP contribution in [0.3, 0.4) is 0 Å². The van der Waals surface area contributed by atoms with Gasteiger partial charge in [0.05, 0.1) is 0 Å². The van der Waals surface area contributed by atoms with E-state index in [-0.39, 0.29) is 11.4 Å². The van der Waals surface area contributed by atoms with Gasteiger partial charge in [-0.3, -0.25) is 4.79 Å². The Morgan fingerprint density at radius 3 is 2.48 bits per heavy atom. The lowest BCUT2D eigenvalue weighted by atomic mass is 10.1. The van der Waals surface area contributed by atoms with E-state index in [0.717, 1.165) is 11.1 Å². The Bertz CT molecular complexity index is 928. The van der Waals surface area contributed by atoms with Crippen molar-refractivity contribution in [1.29, 1.82) is 0 Å². The van der Waals surface area contributed by atoms with E-state index in [2.05, 4.69) is 5.32 Å². The SMILES string of the molecule is Cn1oc(=O)c(C(=O)NCCc2ccc(F)cc2)c1-c1ccccc1. The standard InChI is InChI=1S/C19H17FN2O3/c1-22-17(14-5-3-2-4-6-14)16(19(24)25-22)18(23)21-12-11-13-7-9-15(20)10-8-13/h2-10H,11-12H2,1H3,(H,21,23). The number of nitrogens with one attached hydrogen (secondary N) is 1. The molecule has 3 rings (SSSR count). The topological polar surface area (TPSA) is 64.2 Å². The third-order valence-corrected chi connectivity index (χ3v) is 3.86. The average Bonchev–Trinajstić information content (AvgIpc) is 2.91. The first-order valence-electron chi connectivity index (χ1n) is 7.84. The molecule has 0 bridgehead atoms. The predicted molar refractivity (Wildman–Crippen MR) is 91.8 cm³/mol. The highest BCUT2D eigenvalue weighted by molar-refractivity contribution is 5.99. The van der Waals surface area contributed by atoms with Gasteiger partial charge in [-0.1, -0.05) is 42.5 Å². The zero-order chi connectivity index (χ0) is 17.8. The number of aryl methyl sites for hydroxylation is 1. The summed E-state index contributed by atoms with van der Waals surface area (Å²) in [5.41, 5.74) is 1.35. The first-order chi connectivity index (χ1) is 12.1. The molecule has 0 atom stereocenters. The van der Waals surface area contributed by atoms with E-state index in [1.54, 1.807) is 31.3 Å². The quantitative estimate of drug-likeness (QED) is 0.777. The first-order valence-corrected chi connectivity index (χ1v) is 7.84. The second-order valence-electron chi connectivity index (χ2n) is 5.60. The number of hydrogen-bond acceptors (Lipinski definition) is 3. The Labute approximate surface area is 143 Å². The van der Waals surface area contributed by atoms with E-state index in [9.17, 15) is 14.0 Å². The lowest BCUT2D eigenvalue weighted by Crippen LogP contribution is -2.29. The van der Waals surface area contributed by atoms with Gasteiger partial charge in [0.25, 0.3) is 5.91 Å². The second-order valence-corrected chi connectivity index (χ2v) is 5.60. The molecular weight excluding hydrogens is 323 g/mol. The van der Waals surface area contributed by atoms with Gasteiger partial charge in [-0.05, 0) is 24.1 Å². The minimum absolute atomic E-state index is 0.0205. The van der Waals surface area contributed by atoms with Crippen molar-refractivity contribution in [3.63, 3.8) is 0 Å².